The molecule has 0 amide bonds. The molecule has 1 saturated heterocycles. The Hall–Kier alpha value is -0.970. The summed E-state index contributed by atoms with van der Waals surface area (Å²) in [4.78, 5) is 4.63. The molecule has 0 aliphatic carbocycles. The molecule has 0 spiro atoms. The fourth-order valence-electron chi connectivity index (χ4n) is 2.51. The van der Waals surface area contributed by atoms with E-state index in [-0.39, 0.29) is 6.04 Å². The van der Waals surface area contributed by atoms with Crippen LogP contribution in [0.1, 0.15) is 17.8 Å². The minimum atomic E-state index is 0.206. The van der Waals surface area contributed by atoms with Crippen LogP contribution >= 0.6 is 11.3 Å². The molecule has 2 unspecified atom stereocenters. The van der Waals surface area contributed by atoms with Crippen LogP contribution in [0, 0.1) is 5.92 Å². The predicted molar refractivity (Wildman–Crippen MR) is 74.8 cm³/mol. The Labute approximate surface area is 111 Å². The van der Waals surface area contributed by atoms with Crippen LogP contribution < -0.4 is 5.73 Å². The van der Waals surface area contributed by atoms with Gasteiger partial charge in [-0.2, -0.15) is 0 Å². The Morgan fingerprint density at radius 3 is 3.11 bits per heavy atom. The third kappa shape index (κ3) is 2.71. The maximum atomic E-state index is 6.22. The van der Waals surface area contributed by atoms with E-state index in [0.717, 1.165) is 43.0 Å². The first-order valence-corrected chi connectivity index (χ1v) is 7.30. The molecule has 2 heterocycles. The maximum absolute atomic E-state index is 6.22. The van der Waals surface area contributed by atoms with Crippen molar-refractivity contribution >= 4 is 21.6 Å². The average Bonchev–Trinajstić information content (AvgIpc) is 2.96. The lowest BCUT2D eigenvalue weighted by atomic mass is 9.98. The van der Waals surface area contributed by atoms with Gasteiger partial charge in [0.15, 0.2) is 0 Å². The van der Waals surface area contributed by atoms with E-state index in [0.29, 0.717) is 5.92 Å². The zero-order chi connectivity index (χ0) is 12.4. The van der Waals surface area contributed by atoms with Gasteiger partial charge >= 0.3 is 0 Å². The van der Waals surface area contributed by atoms with Crippen LogP contribution in [0.3, 0.4) is 0 Å². The first kappa shape index (κ1) is 12.1. The number of nitrogens with two attached hydrogens (primary N) is 1. The van der Waals surface area contributed by atoms with Gasteiger partial charge in [-0.1, -0.05) is 12.1 Å². The number of thiazole rings is 1. The van der Waals surface area contributed by atoms with Gasteiger partial charge in [-0.05, 0) is 30.9 Å². The highest BCUT2D eigenvalue weighted by Crippen LogP contribution is 2.24. The van der Waals surface area contributed by atoms with Crippen molar-refractivity contribution < 1.29 is 4.74 Å². The van der Waals surface area contributed by atoms with Gasteiger partial charge in [0.2, 0.25) is 0 Å². The highest BCUT2D eigenvalue weighted by Gasteiger charge is 2.19. The summed E-state index contributed by atoms with van der Waals surface area (Å²) in [5.41, 5.74) is 7.31. The lowest BCUT2D eigenvalue weighted by Crippen LogP contribution is -2.26. The largest absolute Gasteiger partial charge is 0.381 e. The van der Waals surface area contributed by atoms with E-state index < -0.39 is 0 Å². The van der Waals surface area contributed by atoms with Gasteiger partial charge in [-0.25, -0.2) is 4.98 Å². The Morgan fingerprint density at radius 2 is 2.33 bits per heavy atom. The van der Waals surface area contributed by atoms with Crippen molar-refractivity contribution in [2.24, 2.45) is 11.7 Å². The summed E-state index contributed by atoms with van der Waals surface area (Å²) < 4.78 is 6.64. The molecular formula is C14H18N2OS. The second-order valence-electron chi connectivity index (χ2n) is 5.00. The molecule has 3 rings (SSSR count). The number of nitrogens with zero attached hydrogens (tertiary/aromatic N) is 1. The summed E-state index contributed by atoms with van der Waals surface area (Å²) in [7, 11) is 0. The Morgan fingerprint density at radius 1 is 1.44 bits per heavy atom. The second-order valence-corrected chi connectivity index (χ2v) is 6.12. The summed E-state index contributed by atoms with van der Waals surface area (Å²) in [5, 5.41) is 1.16. The number of hydrogen-bond donors (Lipinski definition) is 1. The van der Waals surface area contributed by atoms with E-state index in [9.17, 15) is 0 Å². The lowest BCUT2D eigenvalue weighted by Gasteiger charge is -2.13. The smallest absolute Gasteiger partial charge is 0.0954 e. The van der Waals surface area contributed by atoms with E-state index in [1.807, 2.05) is 6.07 Å². The molecule has 4 heteroatoms. The number of para-hydroxylation sites is 1. The van der Waals surface area contributed by atoms with Crippen molar-refractivity contribution in [3.05, 3.63) is 29.3 Å². The van der Waals surface area contributed by atoms with Crippen molar-refractivity contribution in [1.29, 1.82) is 0 Å². The van der Waals surface area contributed by atoms with Crippen LogP contribution in [0.2, 0.25) is 0 Å². The van der Waals surface area contributed by atoms with Crippen molar-refractivity contribution in [2.75, 3.05) is 13.2 Å². The molecule has 2 N–H and O–H groups in total. The zero-order valence-electron chi connectivity index (χ0n) is 10.3. The number of ether oxygens (including phenoxy) is 1. The highest BCUT2D eigenvalue weighted by atomic mass is 32.1. The molecule has 0 bridgehead atoms. The summed E-state index contributed by atoms with van der Waals surface area (Å²) in [5.74, 6) is 0.648. The minimum Gasteiger partial charge on any atom is -0.381 e. The first-order valence-electron chi connectivity index (χ1n) is 6.49. The van der Waals surface area contributed by atoms with Gasteiger partial charge in [0.25, 0.3) is 0 Å². The Balaban J connectivity index is 1.64. The molecule has 96 valence electrons. The predicted octanol–water partition coefficient (Wildman–Crippen LogP) is 2.59. The molecule has 2 aromatic rings. The van der Waals surface area contributed by atoms with Crippen molar-refractivity contribution in [2.45, 2.75) is 25.3 Å². The number of hydrogen-bond acceptors (Lipinski definition) is 4. The van der Waals surface area contributed by atoms with E-state index in [2.05, 4.69) is 23.2 Å². The van der Waals surface area contributed by atoms with Crippen LogP contribution in [0.15, 0.2) is 24.3 Å². The van der Waals surface area contributed by atoms with E-state index in [1.54, 1.807) is 11.3 Å². The molecule has 0 saturated carbocycles. The van der Waals surface area contributed by atoms with Gasteiger partial charge in [0.1, 0.15) is 0 Å². The van der Waals surface area contributed by atoms with Gasteiger partial charge in [0.05, 0.1) is 15.2 Å². The minimum absolute atomic E-state index is 0.206. The Kier molecular flexibility index (Phi) is 3.59. The highest BCUT2D eigenvalue weighted by molar-refractivity contribution is 7.18. The molecule has 1 aliphatic rings. The number of fused-ring (bicyclic) bond motifs is 1. The molecule has 18 heavy (non-hydrogen) atoms. The number of benzene rings is 1. The molecule has 1 aromatic heterocycles. The first-order chi connectivity index (χ1) is 8.81. The Bertz CT molecular complexity index is 486. The monoisotopic (exact) mass is 262 g/mol. The topological polar surface area (TPSA) is 48.1 Å². The summed E-state index contributed by atoms with van der Waals surface area (Å²) in [6.45, 7) is 1.78. The number of aromatic nitrogens is 1. The normalized spacial score (nSPS) is 21.5. The van der Waals surface area contributed by atoms with Crippen LogP contribution in [-0.2, 0) is 11.2 Å². The third-order valence-corrected chi connectivity index (χ3v) is 4.49. The van der Waals surface area contributed by atoms with Crippen molar-refractivity contribution in [3.8, 4) is 0 Å². The quantitative estimate of drug-likeness (QED) is 0.921. The molecule has 3 nitrogen and oxygen atoms in total. The standard InChI is InChI=1S/C14H18N2OS/c15-11(7-10-5-6-17-9-10)8-14-16-12-3-1-2-4-13(12)18-14/h1-4,10-11H,5-9,15H2. The van der Waals surface area contributed by atoms with Crippen LogP contribution in [-0.4, -0.2) is 24.2 Å². The molecule has 1 aromatic carbocycles. The fraction of sp³-hybridized carbons (Fsp3) is 0.500. The average molecular weight is 262 g/mol. The third-order valence-electron chi connectivity index (χ3n) is 3.44. The van der Waals surface area contributed by atoms with Gasteiger partial charge in [-0.3, -0.25) is 0 Å². The molecule has 2 atom stereocenters. The van der Waals surface area contributed by atoms with Crippen LogP contribution in [0.25, 0.3) is 10.2 Å². The van der Waals surface area contributed by atoms with E-state index in [4.69, 9.17) is 10.5 Å². The zero-order valence-corrected chi connectivity index (χ0v) is 11.2. The molecular weight excluding hydrogens is 244 g/mol. The van der Waals surface area contributed by atoms with Crippen LogP contribution in [0.4, 0.5) is 0 Å². The molecule has 1 aliphatic heterocycles. The van der Waals surface area contributed by atoms with Crippen molar-refractivity contribution in [3.63, 3.8) is 0 Å². The molecule has 0 radical (unpaired) electrons. The van der Waals surface area contributed by atoms with Crippen molar-refractivity contribution in [1.82, 2.24) is 4.98 Å². The summed E-state index contributed by atoms with van der Waals surface area (Å²) in [6, 6.07) is 8.47. The fourth-order valence-corrected chi connectivity index (χ4v) is 3.57. The van der Waals surface area contributed by atoms with Crippen LogP contribution in [0.5, 0.6) is 0 Å². The van der Waals surface area contributed by atoms with Gasteiger partial charge in [-0.15, -0.1) is 11.3 Å². The summed E-state index contributed by atoms with van der Waals surface area (Å²) >= 11 is 1.76. The SMILES string of the molecule is NC(Cc1nc2ccccc2s1)CC1CCOC1. The summed E-state index contributed by atoms with van der Waals surface area (Å²) in [6.07, 6.45) is 3.10. The van der Waals surface area contributed by atoms with E-state index in [1.165, 1.54) is 4.70 Å². The van der Waals surface area contributed by atoms with Gasteiger partial charge < -0.3 is 10.5 Å². The maximum Gasteiger partial charge on any atom is 0.0954 e. The van der Waals surface area contributed by atoms with E-state index >= 15 is 0 Å². The van der Waals surface area contributed by atoms with Gasteiger partial charge in [0, 0.05) is 25.7 Å². The second kappa shape index (κ2) is 5.34. The lowest BCUT2D eigenvalue weighted by molar-refractivity contribution is 0.182. The molecule has 1 fully saturated rings. The number of rotatable bonds is 4.